The van der Waals surface area contributed by atoms with Crippen molar-refractivity contribution in [3.63, 3.8) is 0 Å². The van der Waals surface area contributed by atoms with Crippen LogP contribution >= 0.6 is 0 Å². The fourth-order valence-electron chi connectivity index (χ4n) is 2.88. The zero-order chi connectivity index (χ0) is 23.6. The first-order valence-electron chi connectivity index (χ1n) is 9.19. The van der Waals surface area contributed by atoms with Crippen LogP contribution in [0, 0.1) is 5.82 Å². The van der Waals surface area contributed by atoms with Gasteiger partial charge in [0.15, 0.2) is 21.2 Å². The lowest BCUT2D eigenvalue weighted by molar-refractivity contribution is -0.115. The van der Waals surface area contributed by atoms with Crippen LogP contribution in [-0.2, 0) is 21.2 Å². The van der Waals surface area contributed by atoms with Crippen LogP contribution in [0.15, 0.2) is 47.4 Å². The summed E-state index contributed by atoms with van der Waals surface area (Å²) in [5.74, 6) is -3.75. The fourth-order valence-corrected chi connectivity index (χ4v) is 3.52. The number of amides is 2. The molecule has 0 atom stereocenters. The molecule has 0 unspecified atom stereocenters. The van der Waals surface area contributed by atoms with Gasteiger partial charge < -0.3 is 15.3 Å². The molecule has 0 bridgehead atoms. The van der Waals surface area contributed by atoms with Crippen molar-refractivity contribution in [1.82, 2.24) is 14.7 Å². The van der Waals surface area contributed by atoms with Gasteiger partial charge in [0.2, 0.25) is 11.7 Å². The van der Waals surface area contributed by atoms with Gasteiger partial charge in [-0.15, -0.1) is 0 Å². The molecule has 3 aromatic rings. The van der Waals surface area contributed by atoms with Crippen LogP contribution in [0.4, 0.5) is 10.1 Å². The van der Waals surface area contributed by atoms with Gasteiger partial charge >= 0.3 is 5.56 Å². The topological polar surface area (TPSA) is 138 Å². The summed E-state index contributed by atoms with van der Waals surface area (Å²) in [6.45, 7) is -0.0198. The average molecular weight is 462 g/mol. The predicted molar refractivity (Wildman–Crippen MR) is 114 cm³/mol. The number of sulfone groups is 1. The molecule has 2 amide bonds. The second-order valence-electron chi connectivity index (χ2n) is 7.03. The van der Waals surface area contributed by atoms with E-state index in [4.69, 9.17) is 0 Å². The van der Waals surface area contributed by atoms with Crippen LogP contribution in [0.3, 0.4) is 0 Å². The summed E-state index contributed by atoms with van der Waals surface area (Å²) in [5.41, 5.74) is -1.03. The molecule has 2 heterocycles. The van der Waals surface area contributed by atoms with E-state index in [0.717, 1.165) is 15.6 Å². The molecule has 2 aromatic heterocycles. The Kier molecular flexibility index (Phi) is 6.25. The van der Waals surface area contributed by atoms with Gasteiger partial charge in [-0.25, -0.2) is 17.8 Å². The Bertz CT molecular complexity index is 1370. The number of hydrogen-bond donors (Lipinski definition) is 2. The van der Waals surface area contributed by atoms with E-state index in [1.807, 2.05) is 0 Å². The van der Waals surface area contributed by atoms with E-state index in [-0.39, 0.29) is 17.9 Å². The highest BCUT2D eigenvalue weighted by atomic mass is 32.2. The highest BCUT2D eigenvalue weighted by Gasteiger charge is 2.23. The lowest BCUT2D eigenvalue weighted by Gasteiger charge is -2.19. The minimum Gasteiger partial charge on any atom is -0.501 e. The van der Waals surface area contributed by atoms with E-state index < -0.39 is 50.2 Å². The summed E-state index contributed by atoms with van der Waals surface area (Å²) in [7, 11) is -2.31. The van der Waals surface area contributed by atoms with Gasteiger partial charge in [-0.05, 0) is 29.8 Å². The molecule has 3 rings (SSSR count). The number of halogens is 1. The number of aromatic nitrogens is 2. The molecule has 0 saturated carbocycles. The third kappa shape index (κ3) is 4.91. The van der Waals surface area contributed by atoms with Crippen molar-refractivity contribution >= 4 is 33.0 Å². The predicted octanol–water partition coefficient (Wildman–Crippen LogP) is 0.477. The van der Waals surface area contributed by atoms with Gasteiger partial charge in [0.1, 0.15) is 11.6 Å². The first-order chi connectivity index (χ1) is 15.0. The molecule has 0 aliphatic carbocycles. The number of nitrogens with one attached hydrogen (secondary N) is 1. The molecule has 0 aliphatic heterocycles. The molecule has 0 aliphatic rings. The minimum absolute atomic E-state index is 0.0198. The Morgan fingerprint density at radius 1 is 1.22 bits per heavy atom. The van der Waals surface area contributed by atoms with Crippen LogP contribution in [0.2, 0.25) is 0 Å². The molecular formula is C20H19FN4O6S. The number of pyridine rings is 1. The number of rotatable bonds is 6. The van der Waals surface area contributed by atoms with E-state index in [1.165, 1.54) is 49.6 Å². The van der Waals surface area contributed by atoms with E-state index >= 15 is 0 Å². The van der Waals surface area contributed by atoms with Crippen LogP contribution in [0.25, 0.3) is 5.65 Å². The summed E-state index contributed by atoms with van der Waals surface area (Å²) in [6, 6.07) is 8.17. The molecule has 2 N–H and O–H groups in total. The van der Waals surface area contributed by atoms with Gasteiger partial charge in [0.25, 0.3) is 5.91 Å². The molecule has 1 aromatic carbocycles. The smallest absolute Gasteiger partial charge is 0.300 e. The third-order valence-electron chi connectivity index (χ3n) is 4.51. The zero-order valence-electron chi connectivity index (χ0n) is 17.1. The van der Waals surface area contributed by atoms with Crippen molar-refractivity contribution in [2.45, 2.75) is 6.54 Å². The molecule has 0 spiro atoms. The van der Waals surface area contributed by atoms with Crippen LogP contribution in [-0.4, -0.2) is 53.8 Å². The maximum absolute atomic E-state index is 13.0. The minimum atomic E-state index is -3.61. The number of aromatic hydroxyl groups is 1. The third-order valence-corrected chi connectivity index (χ3v) is 5.28. The van der Waals surface area contributed by atoms with Crippen LogP contribution in [0.1, 0.15) is 16.1 Å². The van der Waals surface area contributed by atoms with Gasteiger partial charge in [0.05, 0.1) is 5.69 Å². The number of carbonyl (C=O) groups excluding carboxylic acids is 2. The number of benzene rings is 1. The van der Waals surface area contributed by atoms with Gasteiger partial charge in [-0.1, -0.05) is 12.1 Å². The van der Waals surface area contributed by atoms with Crippen molar-refractivity contribution in [3.05, 3.63) is 70.0 Å². The standard InChI is InChI=1S/C20H19FN4O6S/c1-24(15(26)11-32(2,30)31)14-4-3-9-25-18(14)23-16(17(27)20(25)29)19(28)22-10-12-5-7-13(21)8-6-12/h3-9,27H,10-11H2,1-2H3,(H,22,28). The lowest BCUT2D eigenvalue weighted by Crippen LogP contribution is -2.33. The molecule has 168 valence electrons. The Morgan fingerprint density at radius 3 is 2.50 bits per heavy atom. The molecule has 0 saturated heterocycles. The molecule has 0 fully saturated rings. The number of carbonyl (C=O) groups is 2. The molecule has 0 radical (unpaired) electrons. The van der Waals surface area contributed by atoms with Gasteiger partial charge in [-0.2, -0.15) is 0 Å². The Balaban J connectivity index is 1.99. The van der Waals surface area contributed by atoms with Crippen molar-refractivity contribution < 1.29 is 27.5 Å². The van der Waals surface area contributed by atoms with Crippen LogP contribution in [0.5, 0.6) is 5.75 Å². The van der Waals surface area contributed by atoms with Crippen LogP contribution < -0.4 is 15.8 Å². The van der Waals surface area contributed by atoms with E-state index in [9.17, 15) is 32.3 Å². The summed E-state index contributed by atoms with van der Waals surface area (Å²) < 4.78 is 36.9. The van der Waals surface area contributed by atoms with Gasteiger partial charge in [0, 0.05) is 26.0 Å². The maximum atomic E-state index is 13.0. The SMILES string of the molecule is CN(C(=O)CS(C)(=O)=O)c1cccn2c(=O)c(O)c(C(=O)NCc3ccc(F)cc3)nc12. The molecule has 10 nitrogen and oxygen atoms in total. The quantitative estimate of drug-likeness (QED) is 0.543. The Morgan fingerprint density at radius 2 is 1.88 bits per heavy atom. The fraction of sp³-hybridized carbons (Fsp3) is 0.200. The first kappa shape index (κ1) is 22.9. The van der Waals surface area contributed by atoms with E-state index in [0.29, 0.717) is 5.56 Å². The highest BCUT2D eigenvalue weighted by molar-refractivity contribution is 7.91. The number of hydrogen-bond acceptors (Lipinski definition) is 7. The van der Waals surface area contributed by atoms with Crippen molar-refractivity contribution in [2.24, 2.45) is 0 Å². The summed E-state index contributed by atoms with van der Waals surface area (Å²) >= 11 is 0. The monoisotopic (exact) mass is 462 g/mol. The van der Waals surface area contributed by atoms with E-state index in [2.05, 4.69) is 10.3 Å². The average Bonchev–Trinajstić information content (AvgIpc) is 2.73. The Hall–Kier alpha value is -3.80. The number of fused-ring (bicyclic) bond motifs is 1. The summed E-state index contributed by atoms with van der Waals surface area (Å²) in [5, 5.41) is 12.7. The summed E-state index contributed by atoms with van der Waals surface area (Å²) in [4.78, 5) is 42.6. The number of anilines is 1. The highest BCUT2D eigenvalue weighted by Crippen LogP contribution is 2.21. The lowest BCUT2D eigenvalue weighted by atomic mass is 10.2. The molecular weight excluding hydrogens is 443 g/mol. The summed E-state index contributed by atoms with van der Waals surface area (Å²) in [6.07, 6.45) is 2.19. The molecule has 12 heteroatoms. The second-order valence-corrected chi connectivity index (χ2v) is 9.17. The normalized spacial score (nSPS) is 11.3. The largest absolute Gasteiger partial charge is 0.501 e. The number of nitrogens with zero attached hydrogens (tertiary/aromatic N) is 3. The van der Waals surface area contributed by atoms with Gasteiger partial charge in [-0.3, -0.25) is 18.8 Å². The van der Waals surface area contributed by atoms with Crippen molar-refractivity contribution in [1.29, 1.82) is 0 Å². The zero-order valence-corrected chi connectivity index (χ0v) is 17.9. The molecule has 32 heavy (non-hydrogen) atoms. The second kappa shape index (κ2) is 8.75. The van der Waals surface area contributed by atoms with Crippen molar-refractivity contribution in [2.75, 3.05) is 24.0 Å². The Labute approximate surface area is 181 Å². The van der Waals surface area contributed by atoms with Crippen molar-refractivity contribution in [3.8, 4) is 5.75 Å². The van der Waals surface area contributed by atoms with E-state index in [1.54, 1.807) is 0 Å². The maximum Gasteiger partial charge on any atom is 0.300 e. The first-order valence-corrected chi connectivity index (χ1v) is 11.3.